The van der Waals surface area contributed by atoms with Gasteiger partial charge < -0.3 is 19.8 Å². The normalized spacial score (nSPS) is 16.0. The minimum atomic E-state index is -0.128. The molecule has 0 spiro atoms. The highest BCUT2D eigenvalue weighted by atomic mass is 16.5. The Labute approximate surface area is 169 Å². The number of hydrogen-bond donors (Lipinski definition) is 2. The number of carbonyl (C=O) groups excluding carboxylic acids is 2. The summed E-state index contributed by atoms with van der Waals surface area (Å²) in [5.74, 6) is 0.649. The van der Waals surface area contributed by atoms with Gasteiger partial charge in [-0.3, -0.25) is 9.59 Å². The Kier molecular flexibility index (Phi) is 5.46. The monoisotopic (exact) mass is 392 g/mol. The molecule has 150 valence electrons. The summed E-state index contributed by atoms with van der Waals surface area (Å²) in [4.78, 5) is 28.0. The largest absolute Gasteiger partial charge is 0.487 e. The number of imidazole rings is 1. The van der Waals surface area contributed by atoms with E-state index in [-0.39, 0.29) is 17.9 Å². The zero-order chi connectivity index (χ0) is 20.2. The van der Waals surface area contributed by atoms with Crippen molar-refractivity contribution in [3.63, 3.8) is 0 Å². The Morgan fingerprint density at radius 2 is 2.14 bits per heavy atom. The fourth-order valence-corrected chi connectivity index (χ4v) is 3.49. The molecule has 0 bridgehead atoms. The van der Waals surface area contributed by atoms with Gasteiger partial charge in [-0.2, -0.15) is 0 Å². The third-order valence-corrected chi connectivity index (χ3v) is 5.09. The second-order valence-corrected chi connectivity index (χ2v) is 7.32. The SMILES string of the molecule is Cc1cccn2cc(COc3ccc(C(=O)NCCC4CCC(=O)N4)cc3)nc12. The van der Waals surface area contributed by atoms with E-state index in [1.54, 1.807) is 24.3 Å². The molecule has 1 aliphatic rings. The van der Waals surface area contributed by atoms with E-state index >= 15 is 0 Å². The van der Waals surface area contributed by atoms with Gasteiger partial charge in [0.05, 0.1) is 5.69 Å². The topological polar surface area (TPSA) is 84.7 Å². The maximum absolute atomic E-state index is 12.3. The van der Waals surface area contributed by atoms with E-state index < -0.39 is 0 Å². The van der Waals surface area contributed by atoms with Crippen molar-refractivity contribution in [3.05, 3.63) is 65.6 Å². The second-order valence-electron chi connectivity index (χ2n) is 7.32. The second kappa shape index (κ2) is 8.34. The van der Waals surface area contributed by atoms with Crippen molar-refractivity contribution >= 4 is 17.5 Å². The molecule has 7 heteroatoms. The number of amides is 2. The first-order valence-electron chi connectivity index (χ1n) is 9.82. The van der Waals surface area contributed by atoms with Crippen LogP contribution < -0.4 is 15.4 Å². The highest BCUT2D eigenvalue weighted by Crippen LogP contribution is 2.16. The quantitative estimate of drug-likeness (QED) is 0.647. The number of benzene rings is 1. The van der Waals surface area contributed by atoms with Crippen LogP contribution in [0.1, 0.15) is 40.9 Å². The number of fused-ring (bicyclic) bond motifs is 1. The maximum atomic E-state index is 12.3. The lowest BCUT2D eigenvalue weighted by molar-refractivity contribution is -0.119. The number of ether oxygens (including phenoxy) is 1. The Bertz CT molecular complexity index is 1030. The number of hydrogen-bond acceptors (Lipinski definition) is 4. The van der Waals surface area contributed by atoms with Crippen LogP contribution in [0.25, 0.3) is 5.65 Å². The minimum absolute atomic E-state index is 0.0932. The highest BCUT2D eigenvalue weighted by Gasteiger charge is 2.20. The van der Waals surface area contributed by atoms with E-state index in [2.05, 4.69) is 15.6 Å². The van der Waals surface area contributed by atoms with Crippen molar-refractivity contribution in [2.24, 2.45) is 0 Å². The van der Waals surface area contributed by atoms with Crippen molar-refractivity contribution in [1.82, 2.24) is 20.0 Å². The molecule has 1 atom stereocenters. The van der Waals surface area contributed by atoms with Crippen LogP contribution in [-0.4, -0.2) is 33.8 Å². The summed E-state index contributed by atoms with van der Waals surface area (Å²) in [5.41, 5.74) is 3.47. The van der Waals surface area contributed by atoms with Crippen LogP contribution in [-0.2, 0) is 11.4 Å². The smallest absolute Gasteiger partial charge is 0.251 e. The highest BCUT2D eigenvalue weighted by molar-refractivity contribution is 5.94. The number of nitrogens with one attached hydrogen (secondary N) is 2. The number of rotatable bonds is 7. The summed E-state index contributed by atoms with van der Waals surface area (Å²) in [6, 6.07) is 11.2. The van der Waals surface area contributed by atoms with Gasteiger partial charge >= 0.3 is 0 Å². The molecular formula is C22H24N4O3. The molecule has 0 radical (unpaired) electrons. The molecule has 1 aliphatic heterocycles. The fraction of sp³-hybridized carbons (Fsp3) is 0.318. The maximum Gasteiger partial charge on any atom is 0.251 e. The lowest BCUT2D eigenvalue weighted by Gasteiger charge is -2.11. The Morgan fingerprint density at radius 1 is 1.31 bits per heavy atom. The molecule has 0 aliphatic carbocycles. The van der Waals surface area contributed by atoms with E-state index in [9.17, 15) is 9.59 Å². The van der Waals surface area contributed by atoms with Crippen LogP contribution in [0.5, 0.6) is 5.75 Å². The predicted octanol–water partition coefficient (Wildman–Crippen LogP) is 2.62. The lowest BCUT2D eigenvalue weighted by Crippen LogP contribution is -2.31. The number of aryl methyl sites for hydroxylation is 1. The lowest BCUT2D eigenvalue weighted by atomic mass is 10.1. The third-order valence-electron chi connectivity index (χ3n) is 5.09. The van der Waals surface area contributed by atoms with Crippen LogP contribution >= 0.6 is 0 Å². The molecule has 29 heavy (non-hydrogen) atoms. The van der Waals surface area contributed by atoms with Gasteiger partial charge in [-0.25, -0.2) is 4.98 Å². The zero-order valence-corrected chi connectivity index (χ0v) is 16.4. The number of aromatic nitrogens is 2. The molecular weight excluding hydrogens is 368 g/mol. The Balaban J connectivity index is 1.27. The van der Waals surface area contributed by atoms with Crippen molar-refractivity contribution in [2.45, 2.75) is 38.8 Å². The Morgan fingerprint density at radius 3 is 2.86 bits per heavy atom. The Hall–Kier alpha value is -3.35. The predicted molar refractivity (Wildman–Crippen MR) is 109 cm³/mol. The first kappa shape index (κ1) is 19.0. The van der Waals surface area contributed by atoms with Crippen molar-refractivity contribution in [2.75, 3.05) is 6.54 Å². The summed E-state index contributed by atoms with van der Waals surface area (Å²) in [6.07, 6.45) is 6.09. The number of pyridine rings is 1. The van der Waals surface area contributed by atoms with E-state index in [0.29, 0.717) is 30.9 Å². The average Bonchev–Trinajstić information content (AvgIpc) is 3.33. The van der Waals surface area contributed by atoms with Gasteiger partial charge in [0.1, 0.15) is 18.0 Å². The van der Waals surface area contributed by atoms with E-state index in [1.807, 2.05) is 35.9 Å². The molecule has 4 rings (SSSR count). The molecule has 1 unspecified atom stereocenters. The molecule has 3 aromatic rings. The van der Waals surface area contributed by atoms with Gasteiger partial charge in [0.15, 0.2) is 0 Å². The van der Waals surface area contributed by atoms with Gasteiger partial charge in [-0.1, -0.05) is 6.07 Å². The van der Waals surface area contributed by atoms with Crippen molar-refractivity contribution in [3.8, 4) is 5.75 Å². The summed E-state index contributed by atoms with van der Waals surface area (Å²) < 4.78 is 7.79. The molecule has 2 aromatic heterocycles. The summed E-state index contributed by atoms with van der Waals surface area (Å²) in [6.45, 7) is 2.93. The van der Waals surface area contributed by atoms with Crippen LogP contribution in [0.4, 0.5) is 0 Å². The first-order valence-corrected chi connectivity index (χ1v) is 9.82. The molecule has 0 saturated carbocycles. The van der Waals surface area contributed by atoms with Crippen LogP contribution in [0.15, 0.2) is 48.8 Å². The molecule has 2 N–H and O–H groups in total. The standard InChI is InChI=1S/C22H24N4O3/c1-15-3-2-12-26-13-18(25-21(15)26)14-29-19-7-4-16(5-8-19)22(28)23-11-10-17-6-9-20(27)24-17/h2-5,7-8,12-13,17H,6,9-11,14H2,1H3,(H,23,28)(H,24,27). The van der Waals surface area contributed by atoms with Gasteiger partial charge in [0.25, 0.3) is 5.91 Å². The summed E-state index contributed by atoms with van der Waals surface area (Å²) in [5, 5.41) is 5.79. The summed E-state index contributed by atoms with van der Waals surface area (Å²) >= 11 is 0. The van der Waals surface area contributed by atoms with Crippen LogP contribution in [0.3, 0.4) is 0 Å². The van der Waals surface area contributed by atoms with Gasteiger partial charge in [-0.05, 0) is 55.7 Å². The van der Waals surface area contributed by atoms with Gasteiger partial charge in [0, 0.05) is 37.0 Å². The van der Waals surface area contributed by atoms with Crippen LogP contribution in [0.2, 0.25) is 0 Å². The molecule has 1 saturated heterocycles. The number of nitrogens with zero attached hydrogens (tertiary/aromatic N) is 2. The first-order chi connectivity index (χ1) is 14.1. The van der Waals surface area contributed by atoms with Gasteiger partial charge in [0.2, 0.25) is 5.91 Å². The van der Waals surface area contributed by atoms with Crippen molar-refractivity contribution < 1.29 is 14.3 Å². The van der Waals surface area contributed by atoms with Crippen LogP contribution in [0, 0.1) is 6.92 Å². The molecule has 1 aromatic carbocycles. The number of carbonyl (C=O) groups is 2. The molecule has 1 fully saturated rings. The average molecular weight is 392 g/mol. The molecule has 7 nitrogen and oxygen atoms in total. The third kappa shape index (κ3) is 4.56. The minimum Gasteiger partial charge on any atom is -0.487 e. The fourth-order valence-electron chi connectivity index (χ4n) is 3.49. The zero-order valence-electron chi connectivity index (χ0n) is 16.4. The van der Waals surface area contributed by atoms with Crippen molar-refractivity contribution in [1.29, 1.82) is 0 Å². The van der Waals surface area contributed by atoms with Gasteiger partial charge in [-0.15, -0.1) is 0 Å². The van der Waals surface area contributed by atoms with E-state index in [0.717, 1.165) is 29.7 Å². The molecule has 3 heterocycles. The summed E-state index contributed by atoms with van der Waals surface area (Å²) in [7, 11) is 0. The molecule has 2 amide bonds. The van der Waals surface area contributed by atoms with E-state index in [1.165, 1.54) is 0 Å². The van der Waals surface area contributed by atoms with E-state index in [4.69, 9.17) is 4.74 Å².